The van der Waals surface area contributed by atoms with E-state index in [-0.39, 0.29) is 17.4 Å². The molecule has 0 aliphatic heterocycles. The Morgan fingerprint density at radius 1 is 1.15 bits per heavy atom. The van der Waals surface area contributed by atoms with Gasteiger partial charge in [0, 0.05) is 18.5 Å². The van der Waals surface area contributed by atoms with Gasteiger partial charge in [0.05, 0.1) is 12.4 Å². The summed E-state index contributed by atoms with van der Waals surface area (Å²) in [4.78, 5) is 14.9. The van der Waals surface area contributed by atoms with Gasteiger partial charge in [0.25, 0.3) is 0 Å². The molecule has 7 heteroatoms. The molecule has 140 valence electrons. The smallest absolute Gasteiger partial charge is 0.387 e. The van der Waals surface area contributed by atoms with Gasteiger partial charge < -0.3 is 14.4 Å². The monoisotopic (exact) mass is 381 g/mol. The Balaban J connectivity index is 1.97. The minimum Gasteiger partial charge on any atom is -0.490 e. The first-order valence-electron chi connectivity index (χ1n) is 8.12. The van der Waals surface area contributed by atoms with Crippen LogP contribution in [0.25, 0.3) is 0 Å². The highest BCUT2D eigenvalue weighted by Gasteiger charge is 2.14. The van der Waals surface area contributed by atoms with Gasteiger partial charge in [-0.2, -0.15) is 8.78 Å². The number of amides is 1. The van der Waals surface area contributed by atoms with Crippen molar-refractivity contribution in [1.29, 1.82) is 0 Å². The summed E-state index contributed by atoms with van der Waals surface area (Å²) < 4.78 is 34.7. The van der Waals surface area contributed by atoms with Gasteiger partial charge in [0.1, 0.15) is 0 Å². The van der Waals surface area contributed by atoms with Gasteiger partial charge >= 0.3 is 6.61 Å². The van der Waals surface area contributed by atoms with E-state index in [1.807, 2.05) is 30.3 Å². The van der Waals surface area contributed by atoms with Crippen LogP contribution in [0.5, 0.6) is 11.5 Å². The molecule has 0 radical (unpaired) electrons. The molecule has 0 aliphatic rings. The van der Waals surface area contributed by atoms with Crippen molar-refractivity contribution in [3.8, 4) is 11.5 Å². The van der Waals surface area contributed by atoms with Crippen LogP contribution in [0.2, 0.25) is 0 Å². The largest absolute Gasteiger partial charge is 0.490 e. The standard InChI is InChI=1S/C19H21F2NO3S/c1-3-24-17-11-14(9-10-16(17)25-19(20)21)12-22(2)18(23)13-26-15-7-5-4-6-8-15/h4-11,19H,3,12-13H2,1-2H3. The molecule has 4 nitrogen and oxygen atoms in total. The molecule has 0 atom stereocenters. The van der Waals surface area contributed by atoms with Crippen LogP contribution in [0, 0.1) is 0 Å². The molecule has 0 saturated heterocycles. The second kappa shape index (κ2) is 10.0. The van der Waals surface area contributed by atoms with Gasteiger partial charge in [-0.3, -0.25) is 4.79 Å². The fourth-order valence-corrected chi connectivity index (χ4v) is 3.11. The molecule has 1 amide bonds. The average molecular weight is 381 g/mol. The highest BCUT2D eigenvalue weighted by atomic mass is 32.2. The number of nitrogens with zero attached hydrogens (tertiary/aromatic N) is 1. The Hall–Kier alpha value is -2.28. The van der Waals surface area contributed by atoms with E-state index in [2.05, 4.69) is 4.74 Å². The highest BCUT2D eigenvalue weighted by Crippen LogP contribution is 2.30. The van der Waals surface area contributed by atoms with Gasteiger partial charge in [0.15, 0.2) is 11.5 Å². The average Bonchev–Trinajstić information content (AvgIpc) is 2.62. The first-order chi connectivity index (χ1) is 12.5. The Kier molecular flexibility index (Phi) is 7.72. The van der Waals surface area contributed by atoms with Crippen LogP contribution in [0.15, 0.2) is 53.4 Å². The third-order valence-electron chi connectivity index (χ3n) is 3.48. The van der Waals surface area contributed by atoms with Gasteiger partial charge in [-0.05, 0) is 36.8 Å². The molecule has 2 aromatic rings. The lowest BCUT2D eigenvalue weighted by Gasteiger charge is -2.18. The second-order valence-electron chi connectivity index (χ2n) is 5.44. The summed E-state index contributed by atoms with van der Waals surface area (Å²) in [6.45, 7) is -0.483. The molecule has 0 spiro atoms. The zero-order valence-corrected chi connectivity index (χ0v) is 15.5. The second-order valence-corrected chi connectivity index (χ2v) is 6.49. The molecule has 0 fully saturated rings. The Morgan fingerprint density at radius 2 is 1.88 bits per heavy atom. The summed E-state index contributed by atoms with van der Waals surface area (Å²) >= 11 is 1.47. The molecule has 0 N–H and O–H groups in total. The van der Waals surface area contributed by atoms with E-state index in [1.165, 1.54) is 17.8 Å². The molecular formula is C19H21F2NO3S. The molecule has 0 aromatic heterocycles. The number of benzene rings is 2. The Morgan fingerprint density at radius 3 is 2.54 bits per heavy atom. The number of carbonyl (C=O) groups is 1. The van der Waals surface area contributed by atoms with Crippen LogP contribution >= 0.6 is 11.8 Å². The molecule has 0 aliphatic carbocycles. The first kappa shape index (κ1) is 20.0. The van der Waals surface area contributed by atoms with Crippen molar-refractivity contribution in [2.24, 2.45) is 0 Å². The number of ether oxygens (including phenoxy) is 2. The molecule has 0 saturated carbocycles. The number of hydrogen-bond acceptors (Lipinski definition) is 4. The van der Waals surface area contributed by atoms with Crippen LogP contribution in [-0.4, -0.2) is 36.8 Å². The molecule has 2 rings (SSSR count). The lowest BCUT2D eigenvalue weighted by atomic mass is 10.2. The van der Waals surface area contributed by atoms with E-state index < -0.39 is 6.61 Å². The van der Waals surface area contributed by atoms with Crippen molar-refractivity contribution in [2.75, 3.05) is 19.4 Å². The molecule has 0 unspecified atom stereocenters. The van der Waals surface area contributed by atoms with Crippen LogP contribution in [0.3, 0.4) is 0 Å². The van der Waals surface area contributed by atoms with E-state index in [0.29, 0.717) is 18.9 Å². The number of halogens is 2. The normalized spacial score (nSPS) is 10.7. The third-order valence-corrected chi connectivity index (χ3v) is 4.47. The highest BCUT2D eigenvalue weighted by molar-refractivity contribution is 8.00. The van der Waals surface area contributed by atoms with Gasteiger partial charge in [-0.25, -0.2) is 0 Å². The van der Waals surface area contributed by atoms with E-state index >= 15 is 0 Å². The Labute approximate surface area is 156 Å². The zero-order chi connectivity index (χ0) is 18.9. The van der Waals surface area contributed by atoms with E-state index in [9.17, 15) is 13.6 Å². The maximum atomic E-state index is 12.4. The van der Waals surface area contributed by atoms with Crippen molar-refractivity contribution < 1.29 is 23.0 Å². The lowest BCUT2D eigenvalue weighted by molar-refractivity contribution is -0.127. The quantitative estimate of drug-likeness (QED) is 0.602. The van der Waals surface area contributed by atoms with Gasteiger partial charge in [-0.15, -0.1) is 11.8 Å². The minimum atomic E-state index is -2.92. The maximum Gasteiger partial charge on any atom is 0.387 e. The van der Waals surface area contributed by atoms with Crippen molar-refractivity contribution in [3.63, 3.8) is 0 Å². The SMILES string of the molecule is CCOc1cc(CN(C)C(=O)CSc2ccccc2)ccc1OC(F)F. The third kappa shape index (κ3) is 6.22. The molecule has 0 heterocycles. The number of hydrogen-bond donors (Lipinski definition) is 0. The van der Waals surface area contributed by atoms with Crippen LogP contribution < -0.4 is 9.47 Å². The topological polar surface area (TPSA) is 38.8 Å². The van der Waals surface area contributed by atoms with Crippen LogP contribution in [0.4, 0.5) is 8.78 Å². The number of alkyl halides is 2. The lowest BCUT2D eigenvalue weighted by Crippen LogP contribution is -2.27. The van der Waals surface area contributed by atoms with E-state index in [4.69, 9.17) is 4.74 Å². The van der Waals surface area contributed by atoms with E-state index in [0.717, 1.165) is 10.5 Å². The first-order valence-corrected chi connectivity index (χ1v) is 9.10. The molecule has 0 bridgehead atoms. The van der Waals surface area contributed by atoms with Gasteiger partial charge in [-0.1, -0.05) is 24.3 Å². The van der Waals surface area contributed by atoms with Crippen molar-refractivity contribution >= 4 is 17.7 Å². The predicted molar refractivity (Wildman–Crippen MR) is 97.9 cm³/mol. The number of thioether (sulfide) groups is 1. The van der Waals surface area contributed by atoms with E-state index in [1.54, 1.807) is 31.0 Å². The Bertz CT molecular complexity index is 713. The van der Waals surface area contributed by atoms with Crippen molar-refractivity contribution in [2.45, 2.75) is 25.0 Å². The summed E-state index contributed by atoms with van der Waals surface area (Å²) in [5.41, 5.74) is 0.774. The van der Waals surface area contributed by atoms with Crippen molar-refractivity contribution in [1.82, 2.24) is 4.90 Å². The molecule has 2 aromatic carbocycles. The number of carbonyl (C=O) groups excluding carboxylic acids is 1. The summed E-state index contributed by atoms with van der Waals surface area (Å²) in [5.74, 6) is 0.527. The van der Waals surface area contributed by atoms with Crippen LogP contribution in [-0.2, 0) is 11.3 Å². The van der Waals surface area contributed by atoms with Crippen LogP contribution in [0.1, 0.15) is 12.5 Å². The fourth-order valence-electron chi connectivity index (χ4n) is 2.25. The fraction of sp³-hybridized carbons (Fsp3) is 0.316. The van der Waals surface area contributed by atoms with Crippen molar-refractivity contribution in [3.05, 3.63) is 54.1 Å². The van der Waals surface area contributed by atoms with Gasteiger partial charge in [0.2, 0.25) is 5.91 Å². The summed E-state index contributed by atoms with van der Waals surface area (Å²) in [7, 11) is 1.71. The summed E-state index contributed by atoms with van der Waals surface area (Å²) in [6.07, 6.45) is 0. The maximum absolute atomic E-state index is 12.4. The number of rotatable bonds is 9. The summed E-state index contributed by atoms with van der Waals surface area (Å²) in [5, 5.41) is 0. The minimum absolute atomic E-state index is 0.0146. The molecular weight excluding hydrogens is 360 g/mol. The molecule has 26 heavy (non-hydrogen) atoms. The predicted octanol–water partition coefficient (Wildman–Crippen LogP) is 4.44. The zero-order valence-electron chi connectivity index (χ0n) is 14.7. The summed E-state index contributed by atoms with van der Waals surface area (Å²) in [6, 6.07) is 14.4.